The molecule has 0 radical (unpaired) electrons. The summed E-state index contributed by atoms with van der Waals surface area (Å²) in [4.78, 5) is 27.8. The van der Waals surface area contributed by atoms with Crippen molar-refractivity contribution < 1.29 is 18.7 Å². The molecule has 1 N–H and O–H groups in total. The number of ether oxygens (including phenoxy) is 1. The number of halogens is 2. The topological polar surface area (TPSA) is 58.6 Å². The van der Waals surface area contributed by atoms with E-state index >= 15 is 0 Å². The molecule has 0 aliphatic carbocycles. The van der Waals surface area contributed by atoms with Crippen LogP contribution in [0.4, 0.5) is 10.1 Å². The van der Waals surface area contributed by atoms with Crippen molar-refractivity contribution in [1.82, 2.24) is 4.90 Å². The Bertz CT molecular complexity index is 1220. The zero-order valence-electron chi connectivity index (χ0n) is 17.5. The Morgan fingerprint density at radius 2 is 1.66 bits per heavy atom. The molecule has 0 spiro atoms. The van der Waals surface area contributed by atoms with Gasteiger partial charge < -0.3 is 10.1 Å². The highest BCUT2D eigenvalue weighted by Crippen LogP contribution is 2.33. The highest BCUT2D eigenvalue weighted by Gasteiger charge is 2.39. The maximum atomic E-state index is 13.3. The molecule has 32 heavy (non-hydrogen) atoms. The van der Waals surface area contributed by atoms with Crippen LogP contribution in [0.25, 0.3) is 5.57 Å². The molecule has 5 nitrogen and oxygen atoms in total. The third-order valence-corrected chi connectivity index (χ3v) is 5.65. The van der Waals surface area contributed by atoms with Gasteiger partial charge in [-0.25, -0.2) is 4.39 Å². The van der Waals surface area contributed by atoms with Crippen LogP contribution in [-0.4, -0.2) is 23.8 Å². The standard InChI is InChI=1S/C25H20ClFN2O3/c1-15-3-10-19(13-21(15)26)28-23-22(17-6-11-20(32-2)12-7-17)24(30)29(25(23)31)14-16-4-8-18(27)9-5-16/h3-13,28H,14H2,1-2H3. The van der Waals surface area contributed by atoms with E-state index in [1.54, 1.807) is 55.6 Å². The Balaban J connectivity index is 1.73. The summed E-state index contributed by atoms with van der Waals surface area (Å²) >= 11 is 6.24. The van der Waals surface area contributed by atoms with Crippen LogP contribution in [0.2, 0.25) is 5.02 Å². The predicted octanol–water partition coefficient (Wildman–Crippen LogP) is 5.19. The smallest absolute Gasteiger partial charge is 0.278 e. The Kier molecular flexibility index (Phi) is 5.97. The van der Waals surface area contributed by atoms with Gasteiger partial charge in [0.25, 0.3) is 11.8 Å². The highest BCUT2D eigenvalue weighted by molar-refractivity contribution is 6.36. The van der Waals surface area contributed by atoms with E-state index in [1.807, 2.05) is 13.0 Å². The van der Waals surface area contributed by atoms with Crippen molar-refractivity contribution in [3.8, 4) is 5.75 Å². The molecular weight excluding hydrogens is 431 g/mol. The summed E-state index contributed by atoms with van der Waals surface area (Å²) in [6.07, 6.45) is 0. The Hall–Kier alpha value is -3.64. The maximum Gasteiger partial charge on any atom is 0.278 e. The Morgan fingerprint density at radius 1 is 0.969 bits per heavy atom. The van der Waals surface area contributed by atoms with Crippen molar-refractivity contribution in [3.05, 3.63) is 100.0 Å². The lowest BCUT2D eigenvalue weighted by Crippen LogP contribution is -2.32. The molecule has 0 bridgehead atoms. The molecule has 0 atom stereocenters. The molecule has 2 amide bonds. The van der Waals surface area contributed by atoms with Crippen LogP contribution in [0, 0.1) is 12.7 Å². The minimum absolute atomic E-state index is 0.0252. The largest absolute Gasteiger partial charge is 0.497 e. The van der Waals surface area contributed by atoms with Gasteiger partial charge in [-0.1, -0.05) is 41.9 Å². The average Bonchev–Trinajstić information content (AvgIpc) is 3.02. The van der Waals surface area contributed by atoms with Gasteiger partial charge in [-0.15, -0.1) is 0 Å². The van der Waals surface area contributed by atoms with Crippen molar-refractivity contribution >= 4 is 34.7 Å². The summed E-state index contributed by atoms with van der Waals surface area (Å²) in [7, 11) is 1.55. The molecule has 0 saturated heterocycles. The van der Waals surface area contributed by atoms with Crippen LogP contribution in [0.3, 0.4) is 0 Å². The SMILES string of the molecule is COc1ccc(C2=C(Nc3ccc(C)c(Cl)c3)C(=O)N(Cc3ccc(F)cc3)C2=O)cc1. The average molecular weight is 451 g/mol. The number of hydrogen-bond acceptors (Lipinski definition) is 4. The number of rotatable bonds is 6. The fourth-order valence-electron chi connectivity index (χ4n) is 3.45. The summed E-state index contributed by atoms with van der Waals surface area (Å²) < 4.78 is 18.5. The van der Waals surface area contributed by atoms with Crippen molar-refractivity contribution in [1.29, 1.82) is 0 Å². The number of anilines is 1. The Morgan fingerprint density at radius 3 is 2.28 bits per heavy atom. The minimum atomic E-state index is -0.471. The van der Waals surface area contributed by atoms with Gasteiger partial charge in [-0.3, -0.25) is 14.5 Å². The predicted molar refractivity (Wildman–Crippen MR) is 122 cm³/mol. The first-order valence-electron chi connectivity index (χ1n) is 9.90. The van der Waals surface area contributed by atoms with E-state index in [4.69, 9.17) is 16.3 Å². The first kappa shape index (κ1) is 21.6. The van der Waals surface area contributed by atoms with E-state index in [9.17, 15) is 14.0 Å². The summed E-state index contributed by atoms with van der Waals surface area (Å²) in [6.45, 7) is 1.90. The summed E-state index contributed by atoms with van der Waals surface area (Å²) in [5, 5.41) is 3.63. The minimum Gasteiger partial charge on any atom is -0.497 e. The fraction of sp³-hybridized carbons (Fsp3) is 0.120. The van der Waals surface area contributed by atoms with E-state index < -0.39 is 11.8 Å². The molecule has 0 unspecified atom stereocenters. The van der Waals surface area contributed by atoms with E-state index in [0.29, 0.717) is 27.6 Å². The van der Waals surface area contributed by atoms with Crippen LogP contribution in [-0.2, 0) is 16.1 Å². The highest BCUT2D eigenvalue weighted by atomic mass is 35.5. The molecule has 1 heterocycles. The van der Waals surface area contributed by atoms with Gasteiger partial charge >= 0.3 is 0 Å². The number of amides is 2. The number of aryl methyl sites for hydroxylation is 1. The molecule has 1 aliphatic heterocycles. The molecule has 0 saturated carbocycles. The molecule has 4 rings (SSSR count). The van der Waals surface area contributed by atoms with Crippen LogP contribution < -0.4 is 10.1 Å². The monoisotopic (exact) mass is 450 g/mol. The van der Waals surface area contributed by atoms with E-state index in [-0.39, 0.29) is 23.6 Å². The zero-order valence-corrected chi connectivity index (χ0v) is 18.2. The second-order valence-corrected chi connectivity index (χ2v) is 7.80. The van der Waals surface area contributed by atoms with Gasteiger partial charge in [0, 0.05) is 10.7 Å². The van der Waals surface area contributed by atoms with Crippen LogP contribution in [0.15, 0.2) is 72.4 Å². The molecule has 162 valence electrons. The lowest BCUT2D eigenvalue weighted by molar-refractivity contribution is -0.137. The molecule has 1 aliphatic rings. The second kappa shape index (κ2) is 8.85. The lowest BCUT2D eigenvalue weighted by atomic mass is 10.0. The van der Waals surface area contributed by atoms with Gasteiger partial charge in [-0.2, -0.15) is 0 Å². The van der Waals surface area contributed by atoms with Crippen molar-refractivity contribution in [2.24, 2.45) is 0 Å². The van der Waals surface area contributed by atoms with E-state index in [1.165, 1.54) is 12.1 Å². The lowest BCUT2D eigenvalue weighted by Gasteiger charge is -2.15. The second-order valence-electron chi connectivity index (χ2n) is 7.39. The summed E-state index contributed by atoms with van der Waals surface area (Å²) in [5.41, 5.74) is 3.10. The summed E-state index contributed by atoms with van der Waals surface area (Å²) in [6, 6.07) is 17.9. The van der Waals surface area contributed by atoms with Crippen molar-refractivity contribution in [3.63, 3.8) is 0 Å². The molecule has 0 aromatic heterocycles. The number of carbonyl (C=O) groups excluding carboxylic acids is 2. The van der Waals surface area contributed by atoms with Gasteiger partial charge in [0.2, 0.25) is 0 Å². The van der Waals surface area contributed by atoms with Crippen LogP contribution >= 0.6 is 11.6 Å². The number of imide groups is 1. The van der Waals surface area contributed by atoms with Gasteiger partial charge in [0.05, 0.1) is 19.2 Å². The van der Waals surface area contributed by atoms with Crippen LogP contribution in [0.5, 0.6) is 5.75 Å². The van der Waals surface area contributed by atoms with Gasteiger partial charge in [0.15, 0.2) is 0 Å². The zero-order chi connectivity index (χ0) is 22.8. The van der Waals surface area contributed by atoms with Gasteiger partial charge in [0.1, 0.15) is 17.3 Å². The molecular formula is C25H20ClFN2O3. The number of hydrogen-bond donors (Lipinski definition) is 1. The van der Waals surface area contributed by atoms with E-state index in [2.05, 4.69) is 5.32 Å². The normalized spacial score (nSPS) is 13.7. The number of nitrogens with zero attached hydrogens (tertiary/aromatic N) is 1. The first-order chi connectivity index (χ1) is 15.4. The first-order valence-corrected chi connectivity index (χ1v) is 10.3. The maximum absolute atomic E-state index is 13.3. The molecule has 7 heteroatoms. The third-order valence-electron chi connectivity index (χ3n) is 5.24. The number of carbonyl (C=O) groups is 2. The molecule has 3 aromatic carbocycles. The quantitative estimate of drug-likeness (QED) is 0.525. The Labute approximate surface area is 190 Å². The molecule has 3 aromatic rings. The van der Waals surface area contributed by atoms with Crippen LogP contribution in [0.1, 0.15) is 16.7 Å². The number of methoxy groups -OCH3 is 1. The fourth-order valence-corrected chi connectivity index (χ4v) is 3.63. The van der Waals surface area contributed by atoms with Gasteiger partial charge in [-0.05, 0) is 60.0 Å². The number of nitrogens with one attached hydrogen (secondary N) is 1. The third kappa shape index (κ3) is 4.22. The number of benzene rings is 3. The summed E-state index contributed by atoms with van der Waals surface area (Å²) in [5.74, 6) is -0.662. The molecule has 0 fully saturated rings. The van der Waals surface area contributed by atoms with E-state index in [0.717, 1.165) is 10.5 Å². The van der Waals surface area contributed by atoms with Crippen molar-refractivity contribution in [2.45, 2.75) is 13.5 Å². The van der Waals surface area contributed by atoms with Crippen molar-refractivity contribution in [2.75, 3.05) is 12.4 Å².